The van der Waals surface area contributed by atoms with Gasteiger partial charge in [-0.15, -0.1) is 0 Å². The van der Waals surface area contributed by atoms with Crippen LogP contribution in [0.15, 0.2) is 0 Å². The molecule has 0 saturated heterocycles. The van der Waals surface area contributed by atoms with Gasteiger partial charge >= 0.3 is 12.1 Å². The predicted molar refractivity (Wildman–Crippen MR) is 62.2 cm³/mol. The minimum absolute atomic E-state index is 0.0441. The summed E-state index contributed by atoms with van der Waals surface area (Å²) >= 11 is 0. The molecule has 0 bridgehead atoms. The van der Waals surface area contributed by atoms with Gasteiger partial charge < -0.3 is 15.2 Å². The Hall–Kier alpha value is -1.26. The maximum Gasteiger partial charge on any atom is 0.404 e. The fourth-order valence-electron chi connectivity index (χ4n) is 2.52. The third-order valence-electron chi connectivity index (χ3n) is 3.33. The Labute approximate surface area is 102 Å². The summed E-state index contributed by atoms with van der Waals surface area (Å²) in [7, 11) is 0. The Balaban J connectivity index is 2.65. The van der Waals surface area contributed by atoms with Gasteiger partial charge in [0.1, 0.15) is 12.2 Å². The molecule has 0 aliphatic heterocycles. The van der Waals surface area contributed by atoms with E-state index in [0.29, 0.717) is 5.92 Å². The number of carbonyl (C=O) groups is 2. The van der Waals surface area contributed by atoms with Crippen LogP contribution in [0.2, 0.25) is 0 Å². The summed E-state index contributed by atoms with van der Waals surface area (Å²) in [6.45, 7) is 5.33. The second-order valence-electron chi connectivity index (χ2n) is 4.87. The second-order valence-corrected chi connectivity index (χ2v) is 4.87. The molecule has 1 amide bonds. The highest BCUT2D eigenvalue weighted by atomic mass is 16.6. The molecule has 0 heterocycles. The maximum absolute atomic E-state index is 10.9. The molecule has 17 heavy (non-hydrogen) atoms. The van der Waals surface area contributed by atoms with Crippen molar-refractivity contribution in [2.24, 2.45) is 17.6 Å². The van der Waals surface area contributed by atoms with E-state index in [9.17, 15) is 9.59 Å². The predicted octanol–water partition coefficient (Wildman–Crippen LogP) is 1.84. The Morgan fingerprint density at radius 1 is 1.35 bits per heavy atom. The number of esters is 1. The number of carbonyl (C=O) groups excluding carboxylic acids is 2. The zero-order chi connectivity index (χ0) is 13.0. The monoisotopic (exact) mass is 243 g/mol. The number of rotatable bonds is 3. The zero-order valence-corrected chi connectivity index (χ0v) is 10.6. The second kappa shape index (κ2) is 5.89. The van der Waals surface area contributed by atoms with Gasteiger partial charge in [-0.2, -0.15) is 0 Å². The zero-order valence-electron chi connectivity index (χ0n) is 10.6. The van der Waals surface area contributed by atoms with E-state index in [2.05, 4.69) is 6.92 Å². The average molecular weight is 243 g/mol. The highest BCUT2D eigenvalue weighted by Gasteiger charge is 2.36. The summed E-state index contributed by atoms with van der Waals surface area (Å²) in [5.41, 5.74) is 5.06. The van der Waals surface area contributed by atoms with Crippen molar-refractivity contribution >= 4 is 12.1 Å². The van der Waals surface area contributed by atoms with Gasteiger partial charge in [-0.25, -0.2) is 4.79 Å². The molecule has 1 fully saturated rings. The highest BCUT2D eigenvalue weighted by Crippen LogP contribution is 2.34. The molecule has 5 nitrogen and oxygen atoms in total. The number of hydrogen-bond acceptors (Lipinski definition) is 4. The number of nitrogens with two attached hydrogens (primary N) is 1. The van der Waals surface area contributed by atoms with Crippen molar-refractivity contribution in [3.8, 4) is 0 Å². The van der Waals surface area contributed by atoms with Crippen LogP contribution >= 0.6 is 0 Å². The first-order valence-corrected chi connectivity index (χ1v) is 6.03. The van der Waals surface area contributed by atoms with Crippen molar-refractivity contribution in [2.45, 2.75) is 52.2 Å². The molecule has 2 N–H and O–H groups in total. The fourth-order valence-corrected chi connectivity index (χ4v) is 2.52. The van der Waals surface area contributed by atoms with Gasteiger partial charge in [0.25, 0.3) is 0 Å². The Kier molecular flexibility index (Phi) is 4.78. The lowest BCUT2D eigenvalue weighted by atomic mass is 9.78. The molecule has 5 heteroatoms. The maximum atomic E-state index is 10.9. The topological polar surface area (TPSA) is 78.6 Å². The minimum atomic E-state index is -0.760. The van der Waals surface area contributed by atoms with Gasteiger partial charge in [0, 0.05) is 12.8 Å². The lowest BCUT2D eigenvalue weighted by Crippen LogP contribution is -2.41. The van der Waals surface area contributed by atoms with Gasteiger partial charge in [-0.3, -0.25) is 4.79 Å². The number of ether oxygens (including phenoxy) is 2. The lowest BCUT2D eigenvalue weighted by Gasteiger charge is -2.36. The summed E-state index contributed by atoms with van der Waals surface area (Å²) in [4.78, 5) is 21.8. The van der Waals surface area contributed by atoms with Gasteiger partial charge in [-0.05, 0) is 25.7 Å². The van der Waals surface area contributed by atoms with Gasteiger partial charge in [0.05, 0.1) is 0 Å². The molecular weight excluding hydrogens is 222 g/mol. The van der Waals surface area contributed by atoms with Gasteiger partial charge in [0.2, 0.25) is 0 Å². The van der Waals surface area contributed by atoms with E-state index in [1.54, 1.807) is 0 Å². The Morgan fingerprint density at radius 3 is 2.53 bits per heavy atom. The normalized spacial score (nSPS) is 30.4. The lowest BCUT2D eigenvalue weighted by molar-refractivity contribution is -0.151. The van der Waals surface area contributed by atoms with Crippen molar-refractivity contribution in [1.29, 1.82) is 0 Å². The summed E-state index contributed by atoms with van der Waals surface area (Å²) in [6.07, 6.45) is 1.46. The van der Waals surface area contributed by atoms with Crippen LogP contribution in [-0.4, -0.2) is 24.3 Å². The van der Waals surface area contributed by atoms with E-state index in [4.69, 9.17) is 15.2 Å². The molecule has 1 rings (SSSR count). The largest absolute Gasteiger partial charge is 0.462 e. The molecule has 0 aromatic carbocycles. The van der Waals surface area contributed by atoms with Crippen molar-refractivity contribution in [3.63, 3.8) is 0 Å². The van der Waals surface area contributed by atoms with Crippen molar-refractivity contribution < 1.29 is 19.1 Å². The van der Waals surface area contributed by atoms with E-state index in [-0.39, 0.29) is 24.1 Å². The number of primary amides is 1. The molecule has 0 aromatic heterocycles. The van der Waals surface area contributed by atoms with Crippen molar-refractivity contribution in [2.75, 3.05) is 0 Å². The first-order chi connectivity index (χ1) is 7.90. The van der Waals surface area contributed by atoms with Crippen LogP contribution in [0, 0.1) is 11.8 Å². The molecular formula is C12H21NO4. The van der Waals surface area contributed by atoms with Gasteiger partial charge in [-0.1, -0.05) is 13.3 Å². The van der Waals surface area contributed by atoms with Crippen LogP contribution in [0.5, 0.6) is 0 Å². The summed E-state index contributed by atoms with van der Waals surface area (Å²) in [6, 6.07) is 0. The summed E-state index contributed by atoms with van der Waals surface area (Å²) in [5, 5.41) is 0. The SMILES string of the molecule is CC(=O)OC(C)[C@@H]1CCC(C)CC1OC(N)=O. The average Bonchev–Trinajstić information content (AvgIpc) is 2.15. The number of hydrogen-bond donors (Lipinski definition) is 1. The van der Waals surface area contributed by atoms with E-state index in [1.807, 2.05) is 6.92 Å². The Bertz CT molecular complexity index is 292. The van der Waals surface area contributed by atoms with E-state index in [1.165, 1.54) is 6.92 Å². The molecule has 0 spiro atoms. The van der Waals surface area contributed by atoms with Crippen molar-refractivity contribution in [3.05, 3.63) is 0 Å². The third-order valence-corrected chi connectivity index (χ3v) is 3.33. The molecule has 1 aliphatic carbocycles. The highest BCUT2D eigenvalue weighted by molar-refractivity contribution is 5.66. The van der Waals surface area contributed by atoms with E-state index in [0.717, 1.165) is 19.3 Å². The smallest absolute Gasteiger partial charge is 0.404 e. The third kappa shape index (κ3) is 4.24. The first kappa shape index (κ1) is 13.8. The van der Waals surface area contributed by atoms with Crippen LogP contribution in [0.1, 0.15) is 40.0 Å². The molecule has 1 saturated carbocycles. The number of amides is 1. The van der Waals surface area contributed by atoms with Crippen LogP contribution in [0.4, 0.5) is 4.79 Å². The summed E-state index contributed by atoms with van der Waals surface area (Å²) in [5.74, 6) is 0.233. The van der Waals surface area contributed by atoms with Gasteiger partial charge in [0.15, 0.2) is 0 Å². The van der Waals surface area contributed by atoms with Crippen LogP contribution < -0.4 is 5.73 Å². The first-order valence-electron chi connectivity index (χ1n) is 6.03. The van der Waals surface area contributed by atoms with Crippen LogP contribution in [0.3, 0.4) is 0 Å². The molecule has 1 aliphatic rings. The molecule has 4 atom stereocenters. The molecule has 0 aromatic rings. The minimum Gasteiger partial charge on any atom is -0.462 e. The van der Waals surface area contributed by atoms with E-state index < -0.39 is 6.09 Å². The molecule has 0 radical (unpaired) electrons. The van der Waals surface area contributed by atoms with Crippen LogP contribution in [0.25, 0.3) is 0 Å². The van der Waals surface area contributed by atoms with E-state index >= 15 is 0 Å². The summed E-state index contributed by atoms with van der Waals surface area (Å²) < 4.78 is 10.3. The quantitative estimate of drug-likeness (QED) is 0.767. The van der Waals surface area contributed by atoms with Crippen LogP contribution in [-0.2, 0) is 14.3 Å². The standard InChI is InChI=1S/C12H21NO4/c1-7-4-5-10(8(2)16-9(3)14)11(6-7)17-12(13)15/h7-8,10-11H,4-6H2,1-3H3,(H2,13,15)/t7?,8?,10-,11?/m0/s1. The molecule has 3 unspecified atom stereocenters. The van der Waals surface area contributed by atoms with Crippen molar-refractivity contribution in [1.82, 2.24) is 0 Å². The fraction of sp³-hybridized carbons (Fsp3) is 0.833. The Morgan fingerprint density at radius 2 is 2.00 bits per heavy atom. The molecule has 98 valence electrons.